The highest BCUT2D eigenvalue weighted by atomic mass is 32.2. The van der Waals surface area contributed by atoms with Gasteiger partial charge in [0, 0.05) is 6.54 Å². The summed E-state index contributed by atoms with van der Waals surface area (Å²) in [4.78, 5) is -0.362. The second-order valence-corrected chi connectivity index (χ2v) is 5.11. The lowest BCUT2D eigenvalue weighted by molar-refractivity contribution is 0.502. The topological polar surface area (TPSA) is 94.3 Å². The minimum absolute atomic E-state index is 0.0661. The third-order valence-corrected chi connectivity index (χ3v) is 3.62. The molecule has 1 heterocycles. The molecule has 5 N–H and O–H groups in total. The van der Waals surface area contributed by atoms with Gasteiger partial charge >= 0.3 is 0 Å². The van der Waals surface area contributed by atoms with E-state index in [0.29, 0.717) is 0 Å². The molecule has 1 saturated heterocycles. The van der Waals surface area contributed by atoms with Crippen LogP contribution in [0.25, 0.3) is 0 Å². The van der Waals surface area contributed by atoms with Crippen molar-refractivity contribution in [1.29, 1.82) is 0 Å². The van der Waals surface area contributed by atoms with Crippen LogP contribution in [-0.4, -0.2) is 21.1 Å². The van der Waals surface area contributed by atoms with E-state index in [9.17, 15) is 12.8 Å². The van der Waals surface area contributed by atoms with Crippen LogP contribution in [0.1, 0.15) is 0 Å². The maximum Gasteiger partial charge on any atom is 0.243 e. The van der Waals surface area contributed by atoms with Gasteiger partial charge in [-0.25, -0.2) is 28.4 Å². The molecule has 0 saturated carbocycles. The highest BCUT2D eigenvalue weighted by Crippen LogP contribution is 2.12. The third-order valence-electron chi connectivity index (χ3n) is 2.16. The molecule has 0 aromatic heterocycles. The van der Waals surface area contributed by atoms with Crippen LogP contribution in [0.3, 0.4) is 0 Å². The van der Waals surface area contributed by atoms with E-state index in [-0.39, 0.29) is 17.6 Å². The van der Waals surface area contributed by atoms with Crippen molar-refractivity contribution in [3.63, 3.8) is 0 Å². The Bertz CT molecular complexity index is 488. The van der Waals surface area contributed by atoms with Gasteiger partial charge in [0.25, 0.3) is 0 Å². The number of benzene rings is 1. The summed E-state index contributed by atoms with van der Waals surface area (Å²) in [5.74, 6) is -0.774. The Morgan fingerprint density at radius 3 is 2.53 bits per heavy atom. The summed E-state index contributed by atoms with van der Waals surface area (Å²) < 4.78 is 39.1. The predicted octanol–water partition coefficient (Wildman–Crippen LogP) is -1.45. The summed E-state index contributed by atoms with van der Waals surface area (Å²) in [6, 6.07) is 5.21. The number of sulfonamides is 1. The zero-order valence-electron chi connectivity index (χ0n) is 8.70. The molecule has 1 fully saturated rings. The molecule has 9 heteroatoms. The lowest BCUT2D eigenvalue weighted by atomic mass is 10.4. The van der Waals surface area contributed by atoms with E-state index in [1.54, 1.807) is 0 Å². The van der Waals surface area contributed by atoms with Crippen LogP contribution >= 0.6 is 0 Å². The van der Waals surface area contributed by atoms with Crippen molar-refractivity contribution in [3.8, 4) is 0 Å². The largest absolute Gasteiger partial charge is 0.243 e. The van der Waals surface area contributed by atoms with Gasteiger partial charge in [-0.05, 0) is 12.1 Å². The molecule has 0 unspecified atom stereocenters. The van der Waals surface area contributed by atoms with Crippen LogP contribution in [0.15, 0.2) is 29.2 Å². The lowest BCUT2D eigenvalue weighted by Crippen LogP contribution is -2.44. The van der Waals surface area contributed by atoms with E-state index in [1.807, 2.05) is 0 Å². The minimum Gasteiger partial charge on any atom is -0.223 e. The highest BCUT2D eigenvalue weighted by molar-refractivity contribution is 7.89. The van der Waals surface area contributed by atoms with Crippen LogP contribution in [0.2, 0.25) is 0 Å². The van der Waals surface area contributed by atoms with Gasteiger partial charge in [-0.3, -0.25) is 0 Å². The van der Waals surface area contributed by atoms with Crippen molar-refractivity contribution in [3.05, 3.63) is 30.1 Å². The fourth-order valence-corrected chi connectivity index (χ4v) is 2.44. The van der Waals surface area contributed by atoms with Crippen LogP contribution in [0, 0.1) is 5.82 Å². The Morgan fingerprint density at radius 2 is 1.88 bits per heavy atom. The van der Waals surface area contributed by atoms with Crippen molar-refractivity contribution >= 4 is 10.0 Å². The van der Waals surface area contributed by atoms with Crippen molar-refractivity contribution in [2.45, 2.75) is 11.1 Å². The molecule has 0 spiro atoms. The fourth-order valence-electron chi connectivity index (χ4n) is 1.32. The number of hydrogen-bond donors (Lipinski definition) is 5. The van der Waals surface area contributed by atoms with Crippen molar-refractivity contribution < 1.29 is 12.8 Å². The molecule has 94 valence electrons. The summed E-state index contributed by atoms with van der Waals surface area (Å²) in [5.41, 5.74) is 10.5. The molecule has 0 bridgehead atoms. The third kappa shape index (κ3) is 2.97. The first-order valence-corrected chi connectivity index (χ1v) is 6.33. The van der Waals surface area contributed by atoms with E-state index in [1.165, 1.54) is 18.2 Å². The Hall–Kier alpha value is -1.10. The average molecular weight is 261 g/mol. The molecule has 1 aromatic rings. The van der Waals surface area contributed by atoms with Crippen LogP contribution in [-0.2, 0) is 10.0 Å². The highest BCUT2D eigenvalue weighted by Gasteiger charge is 2.21. The first-order chi connectivity index (χ1) is 8.09. The van der Waals surface area contributed by atoms with Crippen LogP contribution in [0.5, 0.6) is 0 Å². The van der Waals surface area contributed by atoms with E-state index in [0.717, 1.165) is 6.07 Å². The van der Waals surface area contributed by atoms with Crippen LogP contribution in [0.4, 0.5) is 4.39 Å². The number of rotatable bonds is 4. The van der Waals surface area contributed by atoms with Crippen molar-refractivity contribution in [2.24, 2.45) is 0 Å². The summed E-state index contributed by atoms with van der Waals surface area (Å²) in [6.45, 7) is 0.0661. The van der Waals surface area contributed by atoms with Gasteiger partial charge in [-0.15, -0.1) is 0 Å². The summed E-state index contributed by atoms with van der Waals surface area (Å²) in [5, 5.41) is 0. The summed E-state index contributed by atoms with van der Waals surface area (Å²) in [7, 11) is -3.84. The normalized spacial score (nSPS) is 17.5. The van der Waals surface area contributed by atoms with Gasteiger partial charge in [0.1, 0.15) is 10.7 Å². The van der Waals surface area contributed by atoms with Crippen LogP contribution < -0.4 is 26.6 Å². The second-order valence-electron chi connectivity index (χ2n) is 3.37. The molecule has 1 aliphatic rings. The quantitative estimate of drug-likeness (QED) is 0.455. The summed E-state index contributed by atoms with van der Waals surface area (Å²) >= 11 is 0. The molecule has 0 amide bonds. The molecule has 7 nitrogen and oxygen atoms in total. The van der Waals surface area contributed by atoms with E-state index in [4.69, 9.17) is 0 Å². The molecular weight excluding hydrogens is 249 g/mol. The molecule has 17 heavy (non-hydrogen) atoms. The molecule has 0 atom stereocenters. The van der Waals surface area contributed by atoms with Crippen molar-refractivity contribution in [2.75, 3.05) is 6.54 Å². The Labute approximate surface area is 97.7 Å². The number of hydrogen-bond acceptors (Lipinski definition) is 6. The number of nitrogens with one attached hydrogen (secondary N) is 5. The van der Waals surface area contributed by atoms with Gasteiger partial charge in [0.05, 0.1) is 6.17 Å². The predicted molar refractivity (Wildman–Crippen MR) is 57.9 cm³/mol. The number of hydrazine groups is 3. The number of halogens is 1. The minimum atomic E-state index is -3.84. The molecule has 0 aliphatic carbocycles. The van der Waals surface area contributed by atoms with Gasteiger partial charge in [0.2, 0.25) is 10.0 Å². The summed E-state index contributed by atoms with van der Waals surface area (Å²) in [6.07, 6.45) is -0.323. The Kier molecular flexibility index (Phi) is 3.66. The zero-order chi connectivity index (χ0) is 12.3. The Balaban J connectivity index is 2.06. The first kappa shape index (κ1) is 12.4. The van der Waals surface area contributed by atoms with Gasteiger partial charge in [-0.1, -0.05) is 12.1 Å². The van der Waals surface area contributed by atoms with E-state index < -0.39 is 15.8 Å². The molecule has 2 rings (SSSR count). The maximum atomic E-state index is 13.3. The molecular formula is C8H12FN5O2S. The molecule has 0 radical (unpaired) electrons. The monoisotopic (exact) mass is 261 g/mol. The van der Waals surface area contributed by atoms with E-state index in [2.05, 4.69) is 26.6 Å². The van der Waals surface area contributed by atoms with Gasteiger partial charge < -0.3 is 0 Å². The standard InChI is InChI=1S/C8H12FN5O2S/c9-6-3-1-2-4-7(6)17(15,16)10-5-8-11-13-14-12-8/h1-4,8,10-14H,5H2. The second kappa shape index (κ2) is 5.04. The molecule has 1 aromatic carbocycles. The fraction of sp³-hybridized carbons (Fsp3) is 0.250. The van der Waals surface area contributed by atoms with Gasteiger partial charge in [-0.2, -0.15) is 11.1 Å². The SMILES string of the molecule is O=S(=O)(NCC1NNNN1)c1ccccc1F. The van der Waals surface area contributed by atoms with Gasteiger partial charge in [0.15, 0.2) is 0 Å². The maximum absolute atomic E-state index is 13.3. The zero-order valence-corrected chi connectivity index (χ0v) is 9.51. The van der Waals surface area contributed by atoms with E-state index >= 15 is 0 Å². The lowest BCUT2D eigenvalue weighted by Gasteiger charge is -2.11. The average Bonchev–Trinajstić information content (AvgIpc) is 2.80. The Morgan fingerprint density at radius 1 is 1.24 bits per heavy atom. The van der Waals surface area contributed by atoms with Crippen molar-refractivity contribution in [1.82, 2.24) is 26.6 Å². The smallest absolute Gasteiger partial charge is 0.223 e. The molecule has 1 aliphatic heterocycles. The first-order valence-electron chi connectivity index (χ1n) is 4.85.